The lowest BCUT2D eigenvalue weighted by Crippen LogP contribution is -2.50. The second-order valence-electron chi connectivity index (χ2n) is 5.73. The van der Waals surface area contributed by atoms with Crippen molar-refractivity contribution in [3.05, 3.63) is 29.3 Å². The molecule has 0 saturated carbocycles. The van der Waals surface area contributed by atoms with Crippen molar-refractivity contribution in [2.24, 2.45) is 0 Å². The molecule has 0 amide bonds. The molecule has 2 heterocycles. The van der Waals surface area contributed by atoms with E-state index in [9.17, 15) is 0 Å². The molecule has 0 aliphatic carbocycles. The van der Waals surface area contributed by atoms with Gasteiger partial charge in [0.25, 0.3) is 0 Å². The molecule has 21 heavy (non-hydrogen) atoms. The Kier molecular flexibility index (Phi) is 4.85. The standard InChI is InChI=1S/C16H23N3OS/c1-13(19-8-6-18(7-9-19)10-11-20)12-16-17-14-4-2-3-5-15(14)21-16/h2-5,13,20H,6-12H2,1H3. The maximum absolute atomic E-state index is 9.00. The van der Waals surface area contributed by atoms with Gasteiger partial charge in [0.2, 0.25) is 0 Å². The van der Waals surface area contributed by atoms with E-state index < -0.39 is 0 Å². The van der Waals surface area contributed by atoms with E-state index >= 15 is 0 Å². The average Bonchev–Trinajstić information content (AvgIpc) is 2.90. The van der Waals surface area contributed by atoms with E-state index in [0.717, 1.165) is 44.7 Å². The van der Waals surface area contributed by atoms with Crippen LogP contribution in [0.2, 0.25) is 0 Å². The van der Waals surface area contributed by atoms with Gasteiger partial charge in [0.1, 0.15) is 0 Å². The number of thiazole rings is 1. The topological polar surface area (TPSA) is 39.6 Å². The SMILES string of the molecule is CC(Cc1nc2ccccc2s1)N1CCN(CCO)CC1. The molecular formula is C16H23N3OS. The number of hydrogen-bond acceptors (Lipinski definition) is 5. The number of benzene rings is 1. The molecule has 1 N–H and O–H groups in total. The normalized spacial score (nSPS) is 19.1. The zero-order chi connectivity index (χ0) is 14.7. The molecular weight excluding hydrogens is 282 g/mol. The van der Waals surface area contributed by atoms with Crippen LogP contribution in [0.5, 0.6) is 0 Å². The Hall–Kier alpha value is -1.01. The molecule has 1 unspecified atom stereocenters. The maximum Gasteiger partial charge on any atom is 0.0954 e. The fourth-order valence-electron chi connectivity index (χ4n) is 2.96. The number of aromatic nitrogens is 1. The number of hydrogen-bond donors (Lipinski definition) is 1. The first-order chi connectivity index (χ1) is 10.3. The highest BCUT2D eigenvalue weighted by molar-refractivity contribution is 7.18. The van der Waals surface area contributed by atoms with Crippen molar-refractivity contribution in [2.75, 3.05) is 39.3 Å². The molecule has 4 nitrogen and oxygen atoms in total. The molecule has 1 aromatic carbocycles. The van der Waals surface area contributed by atoms with Gasteiger partial charge in [-0.15, -0.1) is 11.3 Å². The summed E-state index contributed by atoms with van der Waals surface area (Å²) in [5, 5.41) is 10.2. The van der Waals surface area contributed by atoms with E-state index in [1.165, 1.54) is 9.71 Å². The van der Waals surface area contributed by atoms with Crippen LogP contribution in [0.1, 0.15) is 11.9 Å². The third-order valence-electron chi connectivity index (χ3n) is 4.25. The first-order valence-corrected chi connectivity index (χ1v) is 8.49. The predicted molar refractivity (Wildman–Crippen MR) is 87.9 cm³/mol. The number of aliphatic hydroxyl groups excluding tert-OH is 1. The minimum absolute atomic E-state index is 0.265. The number of aliphatic hydroxyl groups is 1. The third-order valence-corrected chi connectivity index (χ3v) is 5.31. The fourth-order valence-corrected chi connectivity index (χ4v) is 4.05. The summed E-state index contributed by atoms with van der Waals surface area (Å²) in [6.45, 7) is 7.67. The number of rotatable bonds is 5. The fraction of sp³-hybridized carbons (Fsp3) is 0.562. The summed E-state index contributed by atoms with van der Waals surface area (Å²) in [6.07, 6.45) is 1.03. The van der Waals surface area contributed by atoms with Crippen molar-refractivity contribution in [1.82, 2.24) is 14.8 Å². The van der Waals surface area contributed by atoms with Gasteiger partial charge >= 0.3 is 0 Å². The first kappa shape index (κ1) is 14.9. The quantitative estimate of drug-likeness (QED) is 0.915. The van der Waals surface area contributed by atoms with Gasteiger partial charge in [0.15, 0.2) is 0 Å². The number of β-amino-alcohol motifs (C(OH)–C–C–N with tert-alkyl or cyclic N) is 1. The zero-order valence-electron chi connectivity index (χ0n) is 12.5. The van der Waals surface area contributed by atoms with Crippen LogP contribution in [0.15, 0.2) is 24.3 Å². The molecule has 1 aliphatic heterocycles. The molecule has 0 spiro atoms. The number of fused-ring (bicyclic) bond motifs is 1. The summed E-state index contributed by atoms with van der Waals surface area (Å²) in [5.41, 5.74) is 1.12. The van der Waals surface area contributed by atoms with Crippen LogP contribution in [-0.4, -0.2) is 65.3 Å². The molecule has 1 fully saturated rings. The Bertz CT molecular complexity index is 545. The Labute approximate surface area is 130 Å². The Balaban J connectivity index is 1.57. The summed E-state index contributed by atoms with van der Waals surface area (Å²) in [6, 6.07) is 8.90. The number of nitrogens with zero attached hydrogens (tertiary/aromatic N) is 3. The maximum atomic E-state index is 9.00. The van der Waals surface area contributed by atoms with Crippen molar-refractivity contribution in [2.45, 2.75) is 19.4 Å². The Morgan fingerprint density at radius 1 is 1.24 bits per heavy atom. The van der Waals surface area contributed by atoms with Crippen molar-refractivity contribution in [1.29, 1.82) is 0 Å². The number of piperazine rings is 1. The summed E-state index contributed by atoms with van der Waals surface area (Å²) >= 11 is 1.82. The van der Waals surface area contributed by atoms with Crippen LogP contribution in [0.4, 0.5) is 0 Å². The molecule has 1 saturated heterocycles. The molecule has 0 bridgehead atoms. The van der Waals surface area contributed by atoms with Gasteiger partial charge in [-0.05, 0) is 19.1 Å². The smallest absolute Gasteiger partial charge is 0.0954 e. The highest BCUT2D eigenvalue weighted by Crippen LogP contribution is 2.23. The summed E-state index contributed by atoms with van der Waals surface area (Å²) in [7, 11) is 0. The minimum Gasteiger partial charge on any atom is -0.395 e. The van der Waals surface area contributed by atoms with Crippen molar-refractivity contribution < 1.29 is 5.11 Å². The monoisotopic (exact) mass is 305 g/mol. The average molecular weight is 305 g/mol. The van der Waals surface area contributed by atoms with Crippen LogP contribution < -0.4 is 0 Å². The van der Waals surface area contributed by atoms with E-state index in [4.69, 9.17) is 10.1 Å². The highest BCUT2D eigenvalue weighted by atomic mass is 32.1. The van der Waals surface area contributed by atoms with Crippen LogP contribution in [0.25, 0.3) is 10.2 Å². The second-order valence-corrected chi connectivity index (χ2v) is 6.84. The third kappa shape index (κ3) is 3.61. The van der Waals surface area contributed by atoms with Gasteiger partial charge in [-0.2, -0.15) is 0 Å². The van der Waals surface area contributed by atoms with Gasteiger partial charge < -0.3 is 5.11 Å². The predicted octanol–water partition coefficient (Wildman–Crippen LogP) is 1.84. The zero-order valence-corrected chi connectivity index (χ0v) is 13.4. The summed E-state index contributed by atoms with van der Waals surface area (Å²) in [5.74, 6) is 0. The molecule has 2 aromatic rings. The molecule has 5 heteroatoms. The van der Waals surface area contributed by atoms with E-state index in [-0.39, 0.29) is 6.61 Å². The Morgan fingerprint density at radius 3 is 2.71 bits per heavy atom. The minimum atomic E-state index is 0.265. The number of para-hydroxylation sites is 1. The lowest BCUT2D eigenvalue weighted by molar-refractivity contribution is 0.0888. The van der Waals surface area contributed by atoms with Crippen molar-refractivity contribution >= 4 is 21.6 Å². The van der Waals surface area contributed by atoms with Gasteiger partial charge in [-0.3, -0.25) is 9.80 Å². The summed E-state index contributed by atoms with van der Waals surface area (Å²) in [4.78, 5) is 9.62. The van der Waals surface area contributed by atoms with E-state index in [1.54, 1.807) is 0 Å². The van der Waals surface area contributed by atoms with Crippen molar-refractivity contribution in [3.8, 4) is 0 Å². The first-order valence-electron chi connectivity index (χ1n) is 7.68. The largest absolute Gasteiger partial charge is 0.395 e. The van der Waals surface area contributed by atoms with Gasteiger partial charge in [0.05, 0.1) is 21.8 Å². The highest BCUT2D eigenvalue weighted by Gasteiger charge is 2.21. The van der Waals surface area contributed by atoms with Gasteiger partial charge in [0, 0.05) is 45.2 Å². The molecule has 1 aromatic heterocycles. The second kappa shape index (κ2) is 6.83. The molecule has 1 atom stereocenters. The summed E-state index contributed by atoms with van der Waals surface area (Å²) < 4.78 is 1.28. The van der Waals surface area contributed by atoms with Crippen LogP contribution >= 0.6 is 11.3 Å². The van der Waals surface area contributed by atoms with Gasteiger partial charge in [-0.25, -0.2) is 4.98 Å². The Morgan fingerprint density at radius 2 is 2.00 bits per heavy atom. The molecule has 1 aliphatic rings. The van der Waals surface area contributed by atoms with Crippen LogP contribution in [-0.2, 0) is 6.42 Å². The molecule has 114 valence electrons. The van der Waals surface area contributed by atoms with Crippen LogP contribution in [0.3, 0.4) is 0 Å². The van der Waals surface area contributed by atoms with Gasteiger partial charge in [-0.1, -0.05) is 12.1 Å². The van der Waals surface area contributed by atoms with E-state index in [1.807, 2.05) is 11.3 Å². The lowest BCUT2D eigenvalue weighted by Gasteiger charge is -2.37. The van der Waals surface area contributed by atoms with E-state index in [2.05, 4.69) is 41.0 Å². The van der Waals surface area contributed by atoms with Crippen molar-refractivity contribution in [3.63, 3.8) is 0 Å². The molecule has 0 radical (unpaired) electrons. The molecule has 3 rings (SSSR count). The van der Waals surface area contributed by atoms with E-state index in [0.29, 0.717) is 6.04 Å². The van der Waals surface area contributed by atoms with Crippen LogP contribution in [0, 0.1) is 0 Å². The lowest BCUT2D eigenvalue weighted by atomic mass is 10.2.